The summed E-state index contributed by atoms with van der Waals surface area (Å²) in [4.78, 5) is 0. The summed E-state index contributed by atoms with van der Waals surface area (Å²) >= 11 is 0. The lowest BCUT2D eigenvalue weighted by Crippen LogP contribution is -2.20. The molecule has 2 aliphatic rings. The van der Waals surface area contributed by atoms with E-state index in [9.17, 15) is 0 Å². The number of ether oxygens (including phenoxy) is 2. The van der Waals surface area contributed by atoms with Gasteiger partial charge < -0.3 is 9.47 Å². The summed E-state index contributed by atoms with van der Waals surface area (Å²) in [5, 5.41) is 0. The monoisotopic (exact) mass is 659 g/mol. The Morgan fingerprint density at radius 2 is 0.771 bits per heavy atom. The number of hydrogen-bond donors (Lipinski definition) is 0. The molecule has 2 aromatic carbocycles. The molecule has 2 aliphatic carbocycles. The van der Waals surface area contributed by atoms with Crippen molar-refractivity contribution < 1.29 is 9.47 Å². The van der Waals surface area contributed by atoms with Crippen molar-refractivity contribution in [1.29, 1.82) is 0 Å². The van der Waals surface area contributed by atoms with E-state index >= 15 is 0 Å². The van der Waals surface area contributed by atoms with Gasteiger partial charge in [-0.3, -0.25) is 0 Å². The minimum atomic E-state index is 0.717. The van der Waals surface area contributed by atoms with Crippen LogP contribution in [-0.4, -0.2) is 13.2 Å². The molecule has 0 amide bonds. The lowest BCUT2D eigenvalue weighted by atomic mass is 9.80. The predicted molar refractivity (Wildman–Crippen MR) is 208 cm³/mol. The van der Waals surface area contributed by atoms with E-state index < -0.39 is 0 Å². The summed E-state index contributed by atoms with van der Waals surface area (Å²) in [7, 11) is 0. The van der Waals surface area contributed by atoms with Gasteiger partial charge in [-0.05, 0) is 110 Å². The number of hydrogen-bond acceptors (Lipinski definition) is 2. The Morgan fingerprint density at radius 1 is 0.438 bits per heavy atom. The van der Waals surface area contributed by atoms with Crippen molar-refractivity contribution in [3.05, 3.63) is 47.5 Å². The molecule has 0 radical (unpaired) electrons. The van der Waals surface area contributed by atoms with E-state index in [-0.39, 0.29) is 0 Å². The minimum Gasteiger partial charge on any atom is -0.493 e. The summed E-state index contributed by atoms with van der Waals surface area (Å²) in [6.07, 6.45) is 33.8. The molecule has 2 saturated carbocycles. The maximum absolute atomic E-state index is 6.41. The second-order valence-corrected chi connectivity index (χ2v) is 16.2. The van der Waals surface area contributed by atoms with Crippen molar-refractivity contribution in [2.75, 3.05) is 13.2 Å². The van der Waals surface area contributed by atoms with E-state index in [2.05, 4.69) is 64.1 Å². The van der Waals surface area contributed by atoms with Crippen LogP contribution in [0.5, 0.6) is 11.5 Å². The standard InChI is InChI=1S/C46H74O2/c1-5-7-9-11-13-15-17-19-39-21-25-41(26-22-39)35-47-45-31-29-43(33-37(45)3)44-30-32-46(38(4)34-44)48-36-42-27-23-40(24-28-42)20-18-16-14-12-10-8-6-2/h29-34,39-42H,5-28,35-36H2,1-4H3. The fraction of sp³-hybridized carbons (Fsp3) is 0.739. The normalized spacial score (nSPS) is 21.3. The molecule has 0 atom stereocenters. The number of rotatable bonds is 23. The number of unbranched alkanes of at least 4 members (excludes halogenated alkanes) is 12. The number of aryl methyl sites for hydroxylation is 2. The topological polar surface area (TPSA) is 18.5 Å². The van der Waals surface area contributed by atoms with Crippen molar-refractivity contribution in [3.8, 4) is 22.6 Å². The summed E-state index contributed by atoms with van der Waals surface area (Å²) in [5.74, 6) is 5.46. The van der Waals surface area contributed by atoms with Crippen LogP contribution in [0.4, 0.5) is 0 Å². The lowest BCUT2D eigenvalue weighted by molar-refractivity contribution is 0.177. The molecule has 0 saturated heterocycles. The third-order valence-corrected chi connectivity index (χ3v) is 12.0. The van der Waals surface area contributed by atoms with Gasteiger partial charge in [0, 0.05) is 0 Å². The van der Waals surface area contributed by atoms with E-state index in [1.54, 1.807) is 0 Å². The molecule has 2 aromatic rings. The van der Waals surface area contributed by atoms with Crippen LogP contribution in [0.25, 0.3) is 11.1 Å². The fourth-order valence-corrected chi connectivity index (χ4v) is 8.55. The molecule has 2 heteroatoms. The molecular weight excluding hydrogens is 585 g/mol. The second kappa shape index (κ2) is 22.7. The van der Waals surface area contributed by atoms with Gasteiger partial charge in [-0.25, -0.2) is 0 Å². The molecule has 2 fully saturated rings. The van der Waals surface area contributed by atoms with Gasteiger partial charge in [0.15, 0.2) is 0 Å². The van der Waals surface area contributed by atoms with E-state index in [1.165, 1.54) is 176 Å². The molecule has 0 unspecified atom stereocenters. The Bertz CT molecular complexity index is 1030. The fourth-order valence-electron chi connectivity index (χ4n) is 8.55. The van der Waals surface area contributed by atoms with Crippen molar-refractivity contribution in [1.82, 2.24) is 0 Å². The lowest BCUT2D eigenvalue weighted by Gasteiger charge is -2.28. The van der Waals surface area contributed by atoms with Gasteiger partial charge in [0.1, 0.15) is 11.5 Å². The van der Waals surface area contributed by atoms with Crippen LogP contribution in [0.2, 0.25) is 0 Å². The molecular formula is C46H74O2. The Kier molecular flexibility index (Phi) is 18.4. The summed E-state index contributed by atoms with van der Waals surface area (Å²) in [6, 6.07) is 13.5. The van der Waals surface area contributed by atoms with Crippen molar-refractivity contribution in [3.63, 3.8) is 0 Å². The van der Waals surface area contributed by atoms with Crippen LogP contribution < -0.4 is 9.47 Å². The zero-order valence-corrected chi connectivity index (χ0v) is 32.0. The van der Waals surface area contributed by atoms with Crippen LogP contribution in [0.15, 0.2) is 36.4 Å². The molecule has 4 rings (SSSR count). The molecule has 270 valence electrons. The highest BCUT2D eigenvalue weighted by Crippen LogP contribution is 2.36. The first-order valence-corrected chi connectivity index (χ1v) is 21.0. The van der Waals surface area contributed by atoms with Crippen molar-refractivity contribution >= 4 is 0 Å². The molecule has 0 aliphatic heterocycles. The highest BCUT2D eigenvalue weighted by molar-refractivity contribution is 5.67. The van der Waals surface area contributed by atoms with E-state index in [1.807, 2.05) is 0 Å². The molecule has 0 aromatic heterocycles. The van der Waals surface area contributed by atoms with Gasteiger partial charge in [-0.2, -0.15) is 0 Å². The first kappa shape index (κ1) is 38.8. The maximum Gasteiger partial charge on any atom is 0.122 e. The van der Waals surface area contributed by atoms with Crippen LogP contribution >= 0.6 is 0 Å². The third-order valence-electron chi connectivity index (χ3n) is 12.0. The van der Waals surface area contributed by atoms with Crippen LogP contribution in [0.1, 0.15) is 179 Å². The summed E-state index contributed by atoms with van der Waals surface area (Å²) in [5.41, 5.74) is 5.00. The Labute approximate surface area is 297 Å². The minimum absolute atomic E-state index is 0.717. The molecule has 2 nitrogen and oxygen atoms in total. The van der Waals surface area contributed by atoms with Gasteiger partial charge >= 0.3 is 0 Å². The Balaban J connectivity index is 1.11. The number of benzene rings is 2. The van der Waals surface area contributed by atoms with Gasteiger partial charge in [-0.1, -0.05) is 154 Å². The molecule has 48 heavy (non-hydrogen) atoms. The SMILES string of the molecule is CCCCCCCCCC1CCC(COc2ccc(-c3ccc(OCC4CCC(CCCCCCCCC)CC4)c(C)c3)cc2C)CC1. The first-order chi connectivity index (χ1) is 23.6. The van der Waals surface area contributed by atoms with Gasteiger partial charge in [0.25, 0.3) is 0 Å². The van der Waals surface area contributed by atoms with Gasteiger partial charge in [0.05, 0.1) is 13.2 Å². The van der Waals surface area contributed by atoms with E-state index in [0.717, 1.165) is 48.4 Å². The average molecular weight is 659 g/mol. The van der Waals surface area contributed by atoms with Crippen LogP contribution in [-0.2, 0) is 0 Å². The maximum atomic E-state index is 6.41. The molecule has 0 bridgehead atoms. The van der Waals surface area contributed by atoms with Gasteiger partial charge in [0.2, 0.25) is 0 Å². The first-order valence-electron chi connectivity index (χ1n) is 21.0. The van der Waals surface area contributed by atoms with Crippen LogP contribution in [0, 0.1) is 37.5 Å². The predicted octanol–water partition coefficient (Wildman–Crippen LogP) is 14.6. The van der Waals surface area contributed by atoms with Crippen molar-refractivity contribution in [2.45, 2.75) is 182 Å². The largest absolute Gasteiger partial charge is 0.493 e. The average Bonchev–Trinajstić information content (AvgIpc) is 3.11. The molecule has 0 N–H and O–H groups in total. The van der Waals surface area contributed by atoms with E-state index in [0.29, 0.717) is 0 Å². The second-order valence-electron chi connectivity index (χ2n) is 16.2. The Morgan fingerprint density at radius 3 is 1.12 bits per heavy atom. The third kappa shape index (κ3) is 14.1. The zero-order chi connectivity index (χ0) is 33.8. The van der Waals surface area contributed by atoms with Crippen LogP contribution in [0.3, 0.4) is 0 Å². The molecule has 0 heterocycles. The smallest absolute Gasteiger partial charge is 0.122 e. The summed E-state index contributed by atoms with van der Waals surface area (Å²) in [6.45, 7) is 10.7. The zero-order valence-electron chi connectivity index (χ0n) is 32.0. The van der Waals surface area contributed by atoms with Gasteiger partial charge in [-0.15, -0.1) is 0 Å². The molecule has 0 spiro atoms. The highest BCUT2D eigenvalue weighted by Gasteiger charge is 2.23. The van der Waals surface area contributed by atoms with Crippen molar-refractivity contribution in [2.24, 2.45) is 23.7 Å². The van der Waals surface area contributed by atoms with E-state index in [4.69, 9.17) is 9.47 Å². The Hall–Kier alpha value is -1.96. The highest BCUT2D eigenvalue weighted by atomic mass is 16.5. The summed E-state index contributed by atoms with van der Waals surface area (Å²) < 4.78 is 12.8. The quantitative estimate of drug-likeness (QED) is 0.111.